The fourth-order valence-electron chi connectivity index (χ4n) is 2.72. The Morgan fingerprint density at radius 1 is 1.47 bits per heavy atom. The van der Waals surface area contributed by atoms with Gasteiger partial charge in [0.25, 0.3) is 0 Å². The molecular formula is C15H26N4. The van der Waals surface area contributed by atoms with Crippen molar-refractivity contribution < 1.29 is 0 Å². The van der Waals surface area contributed by atoms with Crippen LogP contribution in [0, 0.1) is 0 Å². The van der Waals surface area contributed by atoms with Crippen LogP contribution < -0.4 is 10.2 Å². The Morgan fingerprint density at radius 3 is 3.05 bits per heavy atom. The normalized spacial score (nSPS) is 20.0. The highest BCUT2D eigenvalue weighted by Crippen LogP contribution is 2.24. The predicted molar refractivity (Wildman–Crippen MR) is 80.5 cm³/mol. The molecule has 0 saturated carbocycles. The summed E-state index contributed by atoms with van der Waals surface area (Å²) >= 11 is 0. The minimum atomic E-state index is 0.661. The van der Waals surface area contributed by atoms with Crippen LogP contribution in [0.25, 0.3) is 0 Å². The molecule has 0 spiro atoms. The highest BCUT2D eigenvalue weighted by molar-refractivity contribution is 5.52. The first-order valence-electron chi connectivity index (χ1n) is 7.27. The van der Waals surface area contributed by atoms with Crippen molar-refractivity contribution in [3.8, 4) is 0 Å². The summed E-state index contributed by atoms with van der Waals surface area (Å²) in [5.74, 6) is 0. The van der Waals surface area contributed by atoms with Gasteiger partial charge in [-0.2, -0.15) is 0 Å². The van der Waals surface area contributed by atoms with Gasteiger partial charge in [-0.15, -0.1) is 0 Å². The lowest BCUT2D eigenvalue weighted by molar-refractivity contribution is 0.258. The van der Waals surface area contributed by atoms with E-state index in [0.717, 1.165) is 26.2 Å². The molecule has 2 rings (SSSR count). The van der Waals surface area contributed by atoms with Gasteiger partial charge in [-0.3, -0.25) is 4.98 Å². The van der Waals surface area contributed by atoms with Crippen LogP contribution in [0.5, 0.6) is 0 Å². The summed E-state index contributed by atoms with van der Waals surface area (Å²) in [5.41, 5.74) is 2.66. The fourth-order valence-corrected chi connectivity index (χ4v) is 2.72. The molecule has 106 valence electrons. The molecule has 1 fully saturated rings. The van der Waals surface area contributed by atoms with Crippen molar-refractivity contribution in [3.05, 3.63) is 24.0 Å². The van der Waals surface area contributed by atoms with E-state index in [-0.39, 0.29) is 0 Å². The number of nitrogens with one attached hydrogen (secondary N) is 1. The van der Waals surface area contributed by atoms with Gasteiger partial charge in [0.1, 0.15) is 0 Å². The molecule has 4 nitrogen and oxygen atoms in total. The smallest absolute Gasteiger partial charge is 0.0443 e. The molecule has 1 unspecified atom stereocenters. The fraction of sp³-hybridized carbons (Fsp3) is 0.667. The third kappa shape index (κ3) is 3.67. The summed E-state index contributed by atoms with van der Waals surface area (Å²) < 4.78 is 0. The first kappa shape index (κ1) is 14.3. The Labute approximate surface area is 116 Å². The zero-order valence-corrected chi connectivity index (χ0v) is 12.4. The topological polar surface area (TPSA) is 31.4 Å². The van der Waals surface area contributed by atoms with Crippen molar-refractivity contribution in [3.63, 3.8) is 0 Å². The maximum absolute atomic E-state index is 4.27. The van der Waals surface area contributed by atoms with E-state index in [4.69, 9.17) is 0 Å². The van der Waals surface area contributed by atoms with E-state index in [0.29, 0.717) is 6.04 Å². The van der Waals surface area contributed by atoms with E-state index in [1.807, 2.05) is 12.4 Å². The monoisotopic (exact) mass is 262 g/mol. The average Bonchev–Trinajstić information content (AvgIpc) is 2.45. The number of nitrogens with zero attached hydrogens (tertiary/aromatic N) is 3. The van der Waals surface area contributed by atoms with Crippen LogP contribution in [0.1, 0.15) is 25.3 Å². The number of hydrogen-bond donors (Lipinski definition) is 1. The molecule has 1 aliphatic rings. The molecule has 2 heterocycles. The second-order valence-corrected chi connectivity index (χ2v) is 5.49. The summed E-state index contributed by atoms with van der Waals surface area (Å²) in [5, 5.41) is 3.40. The lowest BCUT2D eigenvalue weighted by Crippen LogP contribution is -2.45. The van der Waals surface area contributed by atoms with Gasteiger partial charge < -0.3 is 15.1 Å². The number of hydrogen-bond acceptors (Lipinski definition) is 4. The molecule has 0 aromatic carbocycles. The molecule has 4 heteroatoms. The summed E-state index contributed by atoms with van der Waals surface area (Å²) in [4.78, 5) is 9.13. The van der Waals surface area contributed by atoms with Crippen LogP contribution in [-0.2, 0) is 6.54 Å². The molecule has 1 aromatic heterocycles. The summed E-state index contributed by atoms with van der Waals surface area (Å²) in [6.07, 6.45) is 6.48. The van der Waals surface area contributed by atoms with E-state index in [1.165, 1.54) is 24.1 Å². The van der Waals surface area contributed by atoms with Crippen LogP contribution in [-0.4, -0.2) is 49.7 Å². The van der Waals surface area contributed by atoms with Gasteiger partial charge >= 0.3 is 0 Å². The average molecular weight is 262 g/mol. The highest BCUT2D eigenvalue weighted by Gasteiger charge is 2.22. The zero-order chi connectivity index (χ0) is 13.7. The van der Waals surface area contributed by atoms with Crippen molar-refractivity contribution in [2.24, 2.45) is 0 Å². The van der Waals surface area contributed by atoms with E-state index >= 15 is 0 Å². The highest BCUT2D eigenvalue weighted by atomic mass is 15.2. The van der Waals surface area contributed by atoms with Crippen molar-refractivity contribution in [2.75, 3.05) is 38.6 Å². The maximum Gasteiger partial charge on any atom is 0.0443 e. The van der Waals surface area contributed by atoms with Crippen LogP contribution in [0.4, 0.5) is 5.69 Å². The van der Waals surface area contributed by atoms with E-state index in [2.05, 4.69) is 47.2 Å². The minimum Gasteiger partial charge on any atom is -0.370 e. The van der Waals surface area contributed by atoms with Gasteiger partial charge in [0, 0.05) is 49.3 Å². The van der Waals surface area contributed by atoms with Crippen LogP contribution in [0.15, 0.2) is 18.5 Å². The van der Waals surface area contributed by atoms with E-state index in [9.17, 15) is 0 Å². The first-order chi connectivity index (χ1) is 9.22. The first-order valence-corrected chi connectivity index (χ1v) is 7.27. The van der Waals surface area contributed by atoms with Gasteiger partial charge in [-0.25, -0.2) is 0 Å². The Kier molecular flexibility index (Phi) is 5.16. The number of anilines is 1. The number of pyridine rings is 1. The number of aromatic nitrogens is 1. The molecule has 1 N–H and O–H groups in total. The molecule has 1 aromatic rings. The molecule has 0 bridgehead atoms. The molecular weight excluding hydrogens is 236 g/mol. The van der Waals surface area contributed by atoms with Crippen molar-refractivity contribution in [2.45, 2.75) is 32.4 Å². The summed E-state index contributed by atoms with van der Waals surface area (Å²) in [6, 6.07) is 2.82. The second-order valence-electron chi connectivity index (χ2n) is 5.49. The van der Waals surface area contributed by atoms with Gasteiger partial charge in [-0.1, -0.05) is 6.92 Å². The maximum atomic E-state index is 4.27. The van der Waals surface area contributed by atoms with Gasteiger partial charge in [0.05, 0.1) is 0 Å². The van der Waals surface area contributed by atoms with Crippen LogP contribution >= 0.6 is 0 Å². The molecule has 19 heavy (non-hydrogen) atoms. The van der Waals surface area contributed by atoms with Gasteiger partial charge in [0.2, 0.25) is 0 Å². The van der Waals surface area contributed by atoms with Crippen molar-refractivity contribution >= 4 is 5.69 Å². The minimum absolute atomic E-state index is 0.661. The molecule has 0 amide bonds. The van der Waals surface area contributed by atoms with Crippen molar-refractivity contribution in [1.82, 2.24) is 15.2 Å². The predicted octanol–water partition coefficient (Wildman–Crippen LogP) is 1.72. The molecule has 0 aliphatic carbocycles. The number of likely N-dealkylation sites (N-methyl/N-ethyl adjacent to an activating group) is 1. The SMILES string of the molecule is CCNCc1cnccc1N1CCCC(N(C)C)C1. The molecule has 1 atom stereocenters. The molecule has 1 aliphatic heterocycles. The van der Waals surface area contributed by atoms with E-state index < -0.39 is 0 Å². The quantitative estimate of drug-likeness (QED) is 0.875. The third-order valence-electron chi connectivity index (χ3n) is 3.91. The Hall–Kier alpha value is -1.13. The lowest BCUT2D eigenvalue weighted by atomic mass is 10.0. The molecule has 1 saturated heterocycles. The third-order valence-corrected chi connectivity index (χ3v) is 3.91. The summed E-state index contributed by atoms with van der Waals surface area (Å²) in [6.45, 7) is 6.32. The van der Waals surface area contributed by atoms with Crippen LogP contribution in [0.2, 0.25) is 0 Å². The standard InChI is InChI=1S/C15H26N4/c1-4-16-10-13-11-17-8-7-15(13)19-9-5-6-14(12-19)18(2)3/h7-8,11,14,16H,4-6,9-10,12H2,1-3H3. The number of rotatable bonds is 5. The largest absolute Gasteiger partial charge is 0.370 e. The van der Waals surface area contributed by atoms with Crippen molar-refractivity contribution in [1.29, 1.82) is 0 Å². The Balaban J connectivity index is 2.11. The Morgan fingerprint density at radius 2 is 2.32 bits per heavy atom. The van der Waals surface area contributed by atoms with E-state index in [1.54, 1.807) is 0 Å². The summed E-state index contributed by atoms with van der Waals surface area (Å²) in [7, 11) is 4.36. The van der Waals surface area contributed by atoms with Gasteiger partial charge in [0.15, 0.2) is 0 Å². The number of piperidine rings is 1. The zero-order valence-electron chi connectivity index (χ0n) is 12.4. The Bertz CT molecular complexity index is 391. The molecule has 0 radical (unpaired) electrons. The van der Waals surface area contributed by atoms with Crippen LogP contribution in [0.3, 0.4) is 0 Å². The second kappa shape index (κ2) is 6.87. The van der Waals surface area contributed by atoms with Gasteiger partial charge in [-0.05, 0) is 39.5 Å². The lowest BCUT2D eigenvalue weighted by Gasteiger charge is -2.38.